The molecule has 0 spiro atoms. The molecule has 0 bridgehead atoms. The van der Waals surface area contributed by atoms with E-state index in [0.717, 1.165) is 31.9 Å². The summed E-state index contributed by atoms with van der Waals surface area (Å²) in [6.07, 6.45) is 2.40. The Labute approximate surface area is 110 Å². The fourth-order valence-corrected chi connectivity index (χ4v) is 2.33. The molecular weight excluding hydrogens is 224 g/mol. The zero-order valence-corrected chi connectivity index (χ0v) is 11.3. The summed E-state index contributed by atoms with van der Waals surface area (Å²) in [6.45, 7) is 8.61. The third-order valence-electron chi connectivity index (χ3n) is 3.38. The number of nitrogens with one attached hydrogen (secondary N) is 1. The molecule has 1 N–H and O–H groups in total. The van der Waals surface area contributed by atoms with Gasteiger partial charge in [-0.25, -0.2) is 0 Å². The van der Waals surface area contributed by atoms with Crippen LogP contribution in [-0.2, 0) is 6.42 Å². The first kappa shape index (κ1) is 13.4. The predicted molar refractivity (Wildman–Crippen MR) is 75.2 cm³/mol. The van der Waals surface area contributed by atoms with E-state index >= 15 is 0 Å². The lowest BCUT2D eigenvalue weighted by molar-refractivity contribution is 0.296. The second-order valence-electron chi connectivity index (χ2n) is 4.77. The van der Waals surface area contributed by atoms with Crippen LogP contribution in [0.15, 0.2) is 24.3 Å². The maximum absolute atomic E-state index is 5.45. The Morgan fingerprint density at radius 2 is 2.00 bits per heavy atom. The maximum atomic E-state index is 5.45. The minimum atomic E-state index is 0.736. The lowest BCUT2D eigenvalue weighted by atomic mass is 10.1. The summed E-state index contributed by atoms with van der Waals surface area (Å²) >= 11 is 0. The molecule has 0 aliphatic carbocycles. The van der Waals surface area contributed by atoms with Crippen LogP contribution in [0.3, 0.4) is 0 Å². The monoisotopic (exact) mass is 248 g/mol. The molecule has 3 nitrogen and oxygen atoms in total. The van der Waals surface area contributed by atoms with Crippen LogP contribution in [-0.4, -0.2) is 44.2 Å². The molecule has 1 aromatic carbocycles. The van der Waals surface area contributed by atoms with E-state index in [4.69, 9.17) is 4.74 Å². The summed E-state index contributed by atoms with van der Waals surface area (Å²) in [4.78, 5) is 2.55. The lowest BCUT2D eigenvalue weighted by Gasteiger charge is -2.19. The first-order valence-electron chi connectivity index (χ1n) is 7.03. The third kappa shape index (κ3) is 4.31. The van der Waals surface area contributed by atoms with Crippen molar-refractivity contribution in [2.75, 3.05) is 39.3 Å². The number of hydrogen-bond acceptors (Lipinski definition) is 3. The molecule has 1 heterocycles. The van der Waals surface area contributed by atoms with Gasteiger partial charge in [0.15, 0.2) is 0 Å². The molecule has 1 fully saturated rings. The summed E-state index contributed by atoms with van der Waals surface area (Å²) in [5.74, 6) is 0.972. The van der Waals surface area contributed by atoms with Gasteiger partial charge in [-0.05, 0) is 50.6 Å². The van der Waals surface area contributed by atoms with Gasteiger partial charge in [-0.3, -0.25) is 0 Å². The van der Waals surface area contributed by atoms with Gasteiger partial charge in [-0.2, -0.15) is 0 Å². The van der Waals surface area contributed by atoms with Crippen molar-refractivity contribution in [1.82, 2.24) is 10.2 Å². The zero-order valence-electron chi connectivity index (χ0n) is 11.3. The minimum absolute atomic E-state index is 0.736. The maximum Gasteiger partial charge on any atom is 0.119 e. The van der Waals surface area contributed by atoms with Crippen molar-refractivity contribution in [3.8, 4) is 5.75 Å². The van der Waals surface area contributed by atoms with Crippen LogP contribution < -0.4 is 10.1 Å². The molecule has 0 unspecified atom stereocenters. The fourth-order valence-electron chi connectivity index (χ4n) is 2.33. The van der Waals surface area contributed by atoms with E-state index in [0.29, 0.717) is 0 Å². The van der Waals surface area contributed by atoms with Crippen LogP contribution >= 0.6 is 0 Å². The van der Waals surface area contributed by atoms with Crippen LogP contribution in [0.4, 0.5) is 0 Å². The molecule has 0 atom stereocenters. The van der Waals surface area contributed by atoms with Gasteiger partial charge in [0, 0.05) is 19.6 Å². The van der Waals surface area contributed by atoms with Crippen molar-refractivity contribution in [1.29, 1.82) is 0 Å². The van der Waals surface area contributed by atoms with Crippen LogP contribution in [0.2, 0.25) is 0 Å². The SMILES string of the molecule is CCOc1ccc(CCN2CCCNCC2)cc1. The smallest absolute Gasteiger partial charge is 0.119 e. The molecular formula is C15H24N2O. The molecule has 1 aliphatic heterocycles. The first-order valence-corrected chi connectivity index (χ1v) is 7.03. The van der Waals surface area contributed by atoms with Crippen molar-refractivity contribution < 1.29 is 4.74 Å². The van der Waals surface area contributed by atoms with Crippen molar-refractivity contribution >= 4 is 0 Å². The van der Waals surface area contributed by atoms with E-state index in [2.05, 4.69) is 34.5 Å². The van der Waals surface area contributed by atoms with E-state index < -0.39 is 0 Å². The third-order valence-corrected chi connectivity index (χ3v) is 3.38. The first-order chi connectivity index (χ1) is 8.88. The number of rotatable bonds is 5. The fraction of sp³-hybridized carbons (Fsp3) is 0.600. The Balaban J connectivity index is 1.78. The van der Waals surface area contributed by atoms with Gasteiger partial charge in [0.2, 0.25) is 0 Å². The van der Waals surface area contributed by atoms with Gasteiger partial charge in [-0.1, -0.05) is 12.1 Å². The number of nitrogens with zero attached hydrogens (tertiary/aromatic N) is 1. The van der Waals surface area contributed by atoms with Crippen LogP contribution in [0.25, 0.3) is 0 Å². The van der Waals surface area contributed by atoms with E-state index in [1.807, 2.05) is 6.92 Å². The summed E-state index contributed by atoms with van der Waals surface area (Å²) < 4.78 is 5.45. The molecule has 0 saturated carbocycles. The van der Waals surface area contributed by atoms with Crippen LogP contribution in [0.5, 0.6) is 5.75 Å². The molecule has 0 aromatic heterocycles. The van der Waals surface area contributed by atoms with Gasteiger partial charge >= 0.3 is 0 Å². The van der Waals surface area contributed by atoms with Gasteiger partial charge < -0.3 is 15.0 Å². The standard InChI is InChI=1S/C15H24N2O/c1-2-18-15-6-4-14(5-7-15)8-12-17-11-3-9-16-10-13-17/h4-7,16H,2-3,8-13H2,1H3. The number of ether oxygens (including phenoxy) is 1. The summed E-state index contributed by atoms with van der Waals surface area (Å²) in [5.41, 5.74) is 1.40. The quantitative estimate of drug-likeness (QED) is 0.861. The van der Waals surface area contributed by atoms with Gasteiger partial charge in [-0.15, -0.1) is 0 Å². The normalized spacial score (nSPS) is 17.4. The number of benzene rings is 1. The topological polar surface area (TPSA) is 24.5 Å². The Morgan fingerprint density at radius 1 is 1.17 bits per heavy atom. The Kier molecular flexibility index (Phi) is 5.49. The van der Waals surface area contributed by atoms with E-state index in [-0.39, 0.29) is 0 Å². The molecule has 18 heavy (non-hydrogen) atoms. The molecule has 1 aromatic rings. The average molecular weight is 248 g/mol. The molecule has 2 rings (SSSR count). The zero-order chi connectivity index (χ0) is 12.6. The summed E-state index contributed by atoms with van der Waals surface area (Å²) in [6, 6.07) is 8.51. The highest BCUT2D eigenvalue weighted by Gasteiger charge is 2.07. The highest BCUT2D eigenvalue weighted by Crippen LogP contribution is 2.12. The van der Waals surface area contributed by atoms with Gasteiger partial charge in [0.25, 0.3) is 0 Å². The molecule has 0 amide bonds. The lowest BCUT2D eigenvalue weighted by Crippen LogP contribution is -2.30. The van der Waals surface area contributed by atoms with Gasteiger partial charge in [0.05, 0.1) is 6.61 Å². The molecule has 1 aliphatic rings. The molecule has 100 valence electrons. The Morgan fingerprint density at radius 3 is 2.78 bits per heavy atom. The van der Waals surface area contributed by atoms with Crippen molar-refractivity contribution in [2.45, 2.75) is 19.8 Å². The Hall–Kier alpha value is -1.06. The Bertz CT molecular complexity index is 329. The second-order valence-corrected chi connectivity index (χ2v) is 4.77. The highest BCUT2D eigenvalue weighted by molar-refractivity contribution is 5.27. The van der Waals surface area contributed by atoms with Gasteiger partial charge in [0.1, 0.15) is 5.75 Å². The predicted octanol–water partition coefficient (Wildman–Crippen LogP) is 1.92. The van der Waals surface area contributed by atoms with Crippen molar-refractivity contribution in [2.24, 2.45) is 0 Å². The largest absolute Gasteiger partial charge is 0.494 e. The summed E-state index contributed by atoms with van der Waals surface area (Å²) in [7, 11) is 0. The van der Waals surface area contributed by atoms with Crippen LogP contribution in [0.1, 0.15) is 18.9 Å². The molecule has 3 heteroatoms. The van der Waals surface area contributed by atoms with E-state index in [1.54, 1.807) is 0 Å². The van der Waals surface area contributed by atoms with Crippen LogP contribution in [0, 0.1) is 0 Å². The summed E-state index contributed by atoms with van der Waals surface area (Å²) in [5, 5.41) is 3.44. The molecule has 1 saturated heterocycles. The minimum Gasteiger partial charge on any atom is -0.494 e. The van der Waals surface area contributed by atoms with Crippen molar-refractivity contribution in [3.05, 3.63) is 29.8 Å². The van der Waals surface area contributed by atoms with E-state index in [9.17, 15) is 0 Å². The van der Waals surface area contributed by atoms with Crippen molar-refractivity contribution in [3.63, 3.8) is 0 Å². The molecule has 0 radical (unpaired) electrons. The van der Waals surface area contributed by atoms with E-state index in [1.165, 1.54) is 31.6 Å². The number of hydrogen-bond donors (Lipinski definition) is 1. The second kappa shape index (κ2) is 7.39. The average Bonchev–Trinajstić information content (AvgIpc) is 2.67. The highest BCUT2D eigenvalue weighted by atomic mass is 16.5.